The van der Waals surface area contributed by atoms with Crippen molar-refractivity contribution >= 4 is 28.4 Å². The highest BCUT2D eigenvalue weighted by atomic mass is 32.2. The smallest absolute Gasteiger partial charge is 0.410 e. The standard InChI is InChI=1S/C21H29N5O4S/c1-13(2)29-21(27)26-10-8-16(9-11-26)30-20-14(3)19(22-12-23-20)25-17-6-7-18(31(5)28)24-15(17)4/h6-7,12-13,16H,8-11H2,1-5H3,(H,22,23,25). The van der Waals surface area contributed by atoms with E-state index in [9.17, 15) is 9.00 Å². The molecule has 0 saturated carbocycles. The second-order valence-electron chi connectivity index (χ2n) is 7.75. The van der Waals surface area contributed by atoms with E-state index in [1.807, 2.05) is 33.8 Å². The van der Waals surface area contributed by atoms with Crippen molar-refractivity contribution in [1.82, 2.24) is 19.9 Å². The molecule has 0 aliphatic carbocycles. The van der Waals surface area contributed by atoms with Crippen LogP contribution >= 0.6 is 0 Å². The largest absolute Gasteiger partial charge is 0.474 e. The number of aromatic nitrogens is 3. The molecule has 0 spiro atoms. The number of nitrogens with zero attached hydrogens (tertiary/aromatic N) is 4. The average Bonchev–Trinajstić information content (AvgIpc) is 2.72. The third kappa shape index (κ3) is 5.90. The number of aryl methyl sites for hydroxylation is 1. The lowest BCUT2D eigenvalue weighted by atomic mass is 10.1. The molecule has 1 amide bonds. The summed E-state index contributed by atoms with van der Waals surface area (Å²) in [5.74, 6) is 1.14. The van der Waals surface area contributed by atoms with Crippen LogP contribution in [-0.2, 0) is 15.5 Å². The molecule has 0 bridgehead atoms. The number of likely N-dealkylation sites (tertiary alicyclic amines) is 1. The van der Waals surface area contributed by atoms with Gasteiger partial charge < -0.3 is 19.7 Å². The molecule has 1 fully saturated rings. The van der Waals surface area contributed by atoms with Crippen LogP contribution in [0.3, 0.4) is 0 Å². The number of hydrogen-bond donors (Lipinski definition) is 1. The Morgan fingerprint density at radius 1 is 1.23 bits per heavy atom. The van der Waals surface area contributed by atoms with Gasteiger partial charge in [0.2, 0.25) is 5.88 Å². The number of amides is 1. The van der Waals surface area contributed by atoms with Crippen molar-refractivity contribution in [3.05, 3.63) is 29.7 Å². The van der Waals surface area contributed by atoms with Crippen LogP contribution in [0.15, 0.2) is 23.5 Å². The molecule has 1 unspecified atom stereocenters. The van der Waals surface area contributed by atoms with E-state index in [1.165, 1.54) is 6.33 Å². The summed E-state index contributed by atoms with van der Waals surface area (Å²) in [6.45, 7) is 8.60. The summed E-state index contributed by atoms with van der Waals surface area (Å²) in [7, 11) is -1.13. The van der Waals surface area contributed by atoms with Gasteiger partial charge in [-0.05, 0) is 39.8 Å². The van der Waals surface area contributed by atoms with Gasteiger partial charge in [0.25, 0.3) is 0 Å². The number of ether oxygens (including phenoxy) is 2. The Hall–Kier alpha value is -2.75. The minimum Gasteiger partial charge on any atom is -0.474 e. The van der Waals surface area contributed by atoms with E-state index in [4.69, 9.17) is 9.47 Å². The predicted molar refractivity (Wildman–Crippen MR) is 118 cm³/mol. The highest BCUT2D eigenvalue weighted by molar-refractivity contribution is 7.84. The quantitative estimate of drug-likeness (QED) is 0.718. The first-order valence-corrected chi connectivity index (χ1v) is 11.8. The Balaban J connectivity index is 1.64. The summed E-state index contributed by atoms with van der Waals surface area (Å²) >= 11 is 0. The monoisotopic (exact) mass is 447 g/mol. The third-order valence-electron chi connectivity index (χ3n) is 4.96. The van der Waals surface area contributed by atoms with Crippen LogP contribution in [0.1, 0.15) is 37.9 Å². The second-order valence-corrected chi connectivity index (χ2v) is 9.08. The molecule has 0 radical (unpaired) electrons. The first-order valence-electron chi connectivity index (χ1n) is 10.3. The predicted octanol–water partition coefficient (Wildman–Crippen LogP) is 3.36. The lowest BCUT2D eigenvalue weighted by Gasteiger charge is -2.32. The first-order chi connectivity index (χ1) is 14.7. The third-order valence-corrected chi connectivity index (χ3v) is 5.78. The fourth-order valence-corrected chi connectivity index (χ4v) is 3.75. The SMILES string of the molecule is Cc1nc(S(C)=O)ccc1Nc1ncnc(OC2CCN(C(=O)OC(C)C)CC2)c1C. The number of anilines is 2. The summed E-state index contributed by atoms with van der Waals surface area (Å²) in [5.41, 5.74) is 2.29. The molecule has 1 aliphatic rings. The molecule has 9 nitrogen and oxygen atoms in total. The fraction of sp³-hybridized carbons (Fsp3) is 0.524. The molecular formula is C21H29N5O4S. The van der Waals surface area contributed by atoms with Gasteiger partial charge >= 0.3 is 6.09 Å². The average molecular weight is 448 g/mol. The van der Waals surface area contributed by atoms with E-state index in [1.54, 1.807) is 17.2 Å². The molecule has 3 heterocycles. The molecule has 10 heteroatoms. The van der Waals surface area contributed by atoms with Gasteiger partial charge in [0.15, 0.2) is 0 Å². The minimum atomic E-state index is -1.13. The maximum absolute atomic E-state index is 12.0. The molecule has 2 aromatic rings. The lowest BCUT2D eigenvalue weighted by molar-refractivity contribution is 0.0505. The Labute approximate surface area is 185 Å². The Morgan fingerprint density at radius 2 is 1.94 bits per heavy atom. The van der Waals surface area contributed by atoms with Crippen LogP contribution in [0.25, 0.3) is 0 Å². The Bertz CT molecular complexity index is 961. The van der Waals surface area contributed by atoms with Gasteiger partial charge in [-0.15, -0.1) is 0 Å². The molecule has 1 saturated heterocycles. The molecule has 1 N–H and O–H groups in total. The van der Waals surface area contributed by atoms with Crippen LogP contribution < -0.4 is 10.1 Å². The zero-order valence-electron chi connectivity index (χ0n) is 18.5. The van der Waals surface area contributed by atoms with Crippen LogP contribution in [0.2, 0.25) is 0 Å². The number of hydrogen-bond acceptors (Lipinski definition) is 8. The molecule has 168 valence electrons. The molecule has 0 aromatic carbocycles. The topological polar surface area (TPSA) is 107 Å². The summed E-state index contributed by atoms with van der Waals surface area (Å²) < 4.78 is 23.0. The van der Waals surface area contributed by atoms with Crippen molar-refractivity contribution in [3.8, 4) is 5.88 Å². The normalized spacial score (nSPS) is 15.6. The van der Waals surface area contributed by atoms with Crippen LogP contribution in [0.5, 0.6) is 5.88 Å². The molecule has 1 aliphatic heterocycles. The molecule has 3 rings (SSSR count). The van der Waals surface area contributed by atoms with Crippen molar-refractivity contribution in [2.75, 3.05) is 24.7 Å². The summed E-state index contributed by atoms with van der Waals surface area (Å²) in [5, 5.41) is 3.80. The van der Waals surface area contributed by atoms with Gasteiger partial charge in [-0.3, -0.25) is 4.21 Å². The number of rotatable bonds is 6. The van der Waals surface area contributed by atoms with Crippen molar-refractivity contribution < 1.29 is 18.5 Å². The highest BCUT2D eigenvalue weighted by Gasteiger charge is 2.26. The molecule has 1 atom stereocenters. The zero-order chi connectivity index (χ0) is 22.5. The highest BCUT2D eigenvalue weighted by Crippen LogP contribution is 2.27. The van der Waals surface area contributed by atoms with Gasteiger partial charge in [0.1, 0.15) is 23.3 Å². The van der Waals surface area contributed by atoms with Crippen LogP contribution in [0.4, 0.5) is 16.3 Å². The van der Waals surface area contributed by atoms with Crippen molar-refractivity contribution in [3.63, 3.8) is 0 Å². The van der Waals surface area contributed by atoms with E-state index >= 15 is 0 Å². The maximum Gasteiger partial charge on any atom is 0.410 e. The fourth-order valence-electron chi connectivity index (χ4n) is 3.23. The number of carbonyl (C=O) groups excluding carboxylic acids is 1. The molecular weight excluding hydrogens is 418 g/mol. The Kier molecular flexibility index (Phi) is 7.42. The number of carbonyl (C=O) groups is 1. The second kappa shape index (κ2) is 10.0. The number of piperidine rings is 1. The molecule has 2 aromatic heterocycles. The van der Waals surface area contributed by atoms with Gasteiger partial charge in [0.05, 0.1) is 33.8 Å². The summed E-state index contributed by atoms with van der Waals surface area (Å²) in [6.07, 6.45) is 4.03. The van der Waals surface area contributed by atoms with E-state index in [-0.39, 0.29) is 18.3 Å². The van der Waals surface area contributed by atoms with Crippen LogP contribution in [0, 0.1) is 13.8 Å². The number of nitrogens with one attached hydrogen (secondary N) is 1. The Morgan fingerprint density at radius 3 is 2.55 bits per heavy atom. The summed E-state index contributed by atoms with van der Waals surface area (Å²) in [6, 6.07) is 3.57. The van der Waals surface area contributed by atoms with Gasteiger partial charge in [-0.2, -0.15) is 0 Å². The van der Waals surface area contributed by atoms with E-state index in [0.29, 0.717) is 42.7 Å². The van der Waals surface area contributed by atoms with Crippen molar-refractivity contribution in [2.45, 2.75) is 57.8 Å². The van der Waals surface area contributed by atoms with Gasteiger partial charge in [-0.25, -0.2) is 19.7 Å². The van der Waals surface area contributed by atoms with E-state index in [2.05, 4.69) is 20.3 Å². The lowest BCUT2D eigenvalue weighted by Crippen LogP contribution is -2.42. The first kappa shape index (κ1) is 22.9. The van der Waals surface area contributed by atoms with Gasteiger partial charge in [-0.1, -0.05) is 0 Å². The molecule has 31 heavy (non-hydrogen) atoms. The minimum absolute atomic E-state index is 0.0354. The van der Waals surface area contributed by atoms with Gasteiger partial charge in [0, 0.05) is 32.2 Å². The van der Waals surface area contributed by atoms with Crippen molar-refractivity contribution in [2.24, 2.45) is 0 Å². The van der Waals surface area contributed by atoms with Crippen LogP contribution in [-0.4, -0.2) is 61.7 Å². The van der Waals surface area contributed by atoms with Crippen molar-refractivity contribution in [1.29, 1.82) is 0 Å². The zero-order valence-corrected chi connectivity index (χ0v) is 19.4. The van der Waals surface area contributed by atoms with E-state index in [0.717, 1.165) is 16.9 Å². The number of pyridine rings is 1. The summed E-state index contributed by atoms with van der Waals surface area (Å²) in [4.78, 5) is 26.8. The maximum atomic E-state index is 12.0. The van der Waals surface area contributed by atoms with E-state index < -0.39 is 10.8 Å².